The third-order valence-electron chi connectivity index (χ3n) is 3.98. The monoisotopic (exact) mass is 316 g/mol. The number of nitrogens with zero attached hydrogens (tertiary/aromatic N) is 1. The van der Waals surface area contributed by atoms with Gasteiger partial charge in [0, 0.05) is 19.1 Å². The van der Waals surface area contributed by atoms with Crippen molar-refractivity contribution >= 4 is 6.09 Å². The quantitative estimate of drug-likeness (QED) is 0.842. The summed E-state index contributed by atoms with van der Waals surface area (Å²) in [6, 6.07) is 10.4. The molecule has 1 aromatic carbocycles. The lowest BCUT2D eigenvalue weighted by atomic mass is 10.1. The predicted molar refractivity (Wildman–Crippen MR) is 93.2 cm³/mol. The second-order valence-corrected chi connectivity index (χ2v) is 7.01. The van der Waals surface area contributed by atoms with Crippen LogP contribution in [0.4, 0.5) is 4.79 Å². The Morgan fingerprint density at radius 2 is 2.13 bits per heavy atom. The fraction of sp³-hybridized carbons (Fsp3) is 0.526. The lowest BCUT2D eigenvalue weighted by Crippen LogP contribution is -2.49. The average molecular weight is 316 g/mol. The standard InChI is InChI=1S/C19H28N2O2/c1-5-16(20-14-15-10-7-6-8-11-15)17-12-9-13-21(17)18(22)23-19(2,3)4/h5-8,10-11,16-17,20H,1,9,12-14H2,2-4H3/t16-,17+/m0/s1. The van der Waals surface area contributed by atoms with Crippen LogP contribution in [-0.2, 0) is 11.3 Å². The Balaban J connectivity index is 1.98. The molecular weight excluding hydrogens is 288 g/mol. The number of hydrogen-bond donors (Lipinski definition) is 1. The molecule has 1 amide bonds. The van der Waals surface area contributed by atoms with Crippen LogP contribution in [0.25, 0.3) is 0 Å². The molecule has 1 saturated heterocycles. The van der Waals surface area contributed by atoms with E-state index in [1.807, 2.05) is 49.9 Å². The van der Waals surface area contributed by atoms with Crippen LogP contribution in [0.2, 0.25) is 0 Å². The van der Waals surface area contributed by atoms with E-state index in [2.05, 4.69) is 24.0 Å². The molecular formula is C19H28N2O2. The van der Waals surface area contributed by atoms with E-state index < -0.39 is 5.60 Å². The molecule has 0 saturated carbocycles. The lowest BCUT2D eigenvalue weighted by molar-refractivity contribution is 0.0208. The highest BCUT2D eigenvalue weighted by Crippen LogP contribution is 2.24. The van der Waals surface area contributed by atoms with Gasteiger partial charge < -0.3 is 15.0 Å². The Labute approximate surface area is 139 Å². The number of carbonyl (C=O) groups is 1. The van der Waals surface area contributed by atoms with Gasteiger partial charge in [0.25, 0.3) is 0 Å². The summed E-state index contributed by atoms with van der Waals surface area (Å²) in [6.45, 7) is 11.1. The number of benzene rings is 1. The summed E-state index contributed by atoms with van der Waals surface area (Å²) in [5.41, 5.74) is 0.756. The van der Waals surface area contributed by atoms with E-state index in [9.17, 15) is 4.79 Å². The molecule has 1 aliphatic rings. The molecule has 1 aromatic rings. The molecule has 0 radical (unpaired) electrons. The third-order valence-corrected chi connectivity index (χ3v) is 3.98. The maximum Gasteiger partial charge on any atom is 0.410 e. The first-order chi connectivity index (χ1) is 10.9. The number of nitrogens with one attached hydrogen (secondary N) is 1. The van der Waals surface area contributed by atoms with E-state index >= 15 is 0 Å². The van der Waals surface area contributed by atoms with Crippen molar-refractivity contribution in [2.75, 3.05) is 6.54 Å². The Morgan fingerprint density at radius 3 is 2.74 bits per heavy atom. The zero-order chi connectivity index (χ0) is 16.9. The van der Waals surface area contributed by atoms with Crippen LogP contribution in [-0.4, -0.2) is 35.2 Å². The van der Waals surface area contributed by atoms with Crippen molar-refractivity contribution in [1.82, 2.24) is 10.2 Å². The zero-order valence-corrected chi connectivity index (χ0v) is 14.4. The maximum absolute atomic E-state index is 12.4. The number of carbonyl (C=O) groups excluding carboxylic acids is 1. The van der Waals surface area contributed by atoms with Crippen molar-refractivity contribution in [3.05, 3.63) is 48.6 Å². The van der Waals surface area contributed by atoms with E-state index in [1.165, 1.54) is 5.56 Å². The molecule has 23 heavy (non-hydrogen) atoms. The van der Waals surface area contributed by atoms with E-state index in [4.69, 9.17) is 4.74 Å². The van der Waals surface area contributed by atoms with E-state index in [-0.39, 0.29) is 18.2 Å². The highest BCUT2D eigenvalue weighted by atomic mass is 16.6. The Morgan fingerprint density at radius 1 is 1.43 bits per heavy atom. The highest BCUT2D eigenvalue weighted by molar-refractivity contribution is 5.69. The van der Waals surface area contributed by atoms with Crippen molar-refractivity contribution < 1.29 is 9.53 Å². The maximum atomic E-state index is 12.4. The molecule has 4 nitrogen and oxygen atoms in total. The summed E-state index contributed by atoms with van der Waals surface area (Å²) in [7, 11) is 0. The second-order valence-electron chi connectivity index (χ2n) is 7.01. The molecule has 1 heterocycles. The fourth-order valence-electron chi connectivity index (χ4n) is 2.92. The Bertz CT molecular complexity index is 522. The minimum absolute atomic E-state index is 0.0604. The number of ether oxygens (including phenoxy) is 1. The predicted octanol–water partition coefficient (Wildman–Crippen LogP) is 3.73. The summed E-state index contributed by atoms with van der Waals surface area (Å²) in [5, 5.41) is 3.51. The molecule has 1 N–H and O–H groups in total. The smallest absolute Gasteiger partial charge is 0.410 e. The Hall–Kier alpha value is -1.81. The molecule has 0 unspecified atom stereocenters. The van der Waals surface area contributed by atoms with Gasteiger partial charge in [-0.15, -0.1) is 6.58 Å². The molecule has 2 rings (SSSR count). The zero-order valence-electron chi connectivity index (χ0n) is 14.4. The first kappa shape index (κ1) is 17.5. The van der Waals surface area contributed by atoms with Gasteiger partial charge in [-0.05, 0) is 39.2 Å². The van der Waals surface area contributed by atoms with Crippen molar-refractivity contribution in [3.8, 4) is 0 Å². The summed E-state index contributed by atoms with van der Waals surface area (Å²) in [4.78, 5) is 14.3. The van der Waals surface area contributed by atoms with E-state index in [0.717, 1.165) is 25.9 Å². The Kier molecular flexibility index (Phi) is 5.83. The summed E-state index contributed by atoms with van der Waals surface area (Å²) in [6.07, 6.45) is 3.64. The van der Waals surface area contributed by atoms with Gasteiger partial charge in [0.2, 0.25) is 0 Å². The molecule has 0 bridgehead atoms. The van der Waals surface area contributed by atoms with Crippen molar-refractivity contribution in [2.45, 2.75) is 57.8 Å². The average Bonchev–Trinajstić information content (AvgIpc) is 2.97. The summed E-state index contributed by atoms with van der Waals surface area (Å²) >= 11 is 0. The molecule has 2 atom stereocenters. The lowest BCUT2D eigenvalue weighted by Gasteiger charge is -2.32. The third kappa shape index (κ3) is 5.10. The highest BCUT2D eigenvalue weighted by Gasteiger charge is 2.35. The van der Waals surface area contributed by atoms with Crippen molar-refractivity contribution in [1.29, 1.82) is 0 Å². The molecule has 0 spiro atoms. The van der Waals surface area contributed by atoms with Crippen molar-refractivity contribution in [3.63, 3.8) is 0 Å². The van der Waals surface area contributed by atoms with Gasteiger partial charge >= 0.3 is 6.09 Å². The molecule has 0 aromatic heterocycles. The topological polar surface area (TPSA) is 41.6 Å². The largest absolute Gasteiger partial charge is 0.444 e. The minimum Gasteiger partial charge on any atom is -0.444 e. The number of amides is 1. The van der Waals surface area contributed by atoms with Gasteiger partial charge in [0.15, 0.2) is 0 Å². The van der Waals surface area contributed by atoms with Gasteiger partial charge in [-0.25, -0.2) is 4.79 Å². The SMILES string of the molecule is C=C[C@H](NCc1ccccc1)[C@H]1CCCN1C(=O)OC(C)(C)C. The first-order valence-corrected chi connectivity index (χ1v) is 8.30. The number of rotatable bonds is 5. The second kappa shape index (κ2) is 7.64. The number of likely N-dealkylation sites (tertiary alicyclic amines) is 1. The normalized spacial score (nSPS) is 19.4. The minimum atomic E-state index is -0.467. The summed E-state index contributed by atoms with van der Waals surface area (Å²) in [5.74, 6) is 0. The van der Waals surface area contributed by atoms with Gasteiger partial charge in [-0.1, -0.05) is 36.4 Å². The van der Waals surface area contributed by atoms with Crippen LogP contribution in [0.1, 0.15) is 39.2 Å². The molecule has 1 aliphatic heterocycles. The molecule has 0 aliphatic carbocycles. The van der Waals surface area contributed by atoms with Gasteiger partial charge in [0.05, 0.1) is 6.04 Å². The van der Waals surface area contributed by atoms with E-state index in [0.29, 0.717) is 0 Å². The van der Waals surface area contributed by atoms with Crippen LogP contribution < -0.4 is 5.32 Å². The van der Waals surface area contributed by atoms with Gasteiger partial charge in [-0.3, -0.25) is 0 Å². The van der Waals surface area contributed by atoms with E-state index in [1.54, 1.807) is 0 Å². The first-order valence-electron chi connectivity index (χ1n) is 8.30. The van der Waals surface area contributed by atoms with Crippen LogP contribution in [0.5, 0.6) is 0 Å². The van der Waals surface area contributed by atoms with Gasteiger partial charge in [-0.2, -0.15) is 0 Å². The van der Waals surface area contributed by atoms with Crippen molar-refractivity contribution in [2.24, 2.45) is 0 Å². The van der Waals surface area contributed by atoms with Crippen LogP contribution in [0.15, 0.2) is 43.0 Å². The van der Waals surface area contributed by atoms with Crippen LogP contribution in [0.3, 0.4) is 0 Å². The molecule has 4 heteroatoms. The summed E-state index contributed by atoms with van der Waals surface area (Å²) < 4.78 is 5.53. The van der Waals surface area contributed by atoms with Crippen LogP contribution in [0, 0.1) is 0 Å². The number of hydrogen-bond acceptors (Lipinski definition) is 3. The van der Waals surface area contributed by atoms with Gasteiger partial charge in [0.1, 0.15) is 5.60 Å². The molecule has 126 valence electrons. The molecule has 1 fully saturated rings. The van der Waals surface area contributed by atoms with Crippen LogP contribution >= 0.6 is 0 Å². The fourth-order valence-corrected chi connectivity index (χ4v) is 2.92.